The molecule has 0 unspecified atom stereocenters. The van der Waals surface area contributed by atoms with Gasteiger partial charge in [-0.3, -0.25) is 0 Å². The van der Waals surface area contributed by atoms with E-state index in [1.54, 1.807) is 0 Å². The molecular weight excluding hydrogens is 363 g/mol. The van der Waals surface area contributed by atoms with Crippen molar-refractivity contribution >= 4 is 22.2 Å². The molecule has 0 aliphatic rings. The van der Waals surface area contributed by atoms with Crippen molar-refractivity contribution in [2.24, 2.45) is 0 Å². The summed E-state index contributed by atoms with van der Waals surface area (Å²) < 4.78 is 5.68. The third-order valence-corrected chi connectivity index (χ3v) is 19.3. The molecule has 1 heterocycles. The summed E-state index contributed by atoms with van der Waals surface area (Å²) in [5, 5.41) is 0. The van der Waals surface area contributed by atoms with Crippen LogP contribution in [0.3, 0.4) is 0 Å². The molecule has 3 heteroatoms. The standard InChI is InChI=1S/C6H7N2.3C4H9.Sn/c1-2-6-3-7-5-8-4-6;3*1-3-4-2;/h3-4H,2H2,1H3;3*1,3-4H2,2H3;. The first-order valence-corrected chi connectivity index (χ1v) is 16.5. The quantitative estimate of drug-likeness (QED) is 0.486. The van der Waals surface area contributed by atoms with Crippen molar-refractivity contribution in [3.05, 3.63) is 18.0 Å². The van der Waals surface area contributed by atoms with Crippen LogP contribution in [-0.2, 0) is 6.42 Å². The van der Waals surface area contributed by atoms with Crippen LogP contribution in [0, 0.1) is 0 Å². The van der Waals surface area contributed by atoms with Gasteiger partial charge in [-0.05, 0) is 0 Å². The molecule has 21 heavy (non-hydrogen) atoms. The third-order valence-electron chi connectivity index (χ3n) is 4.61. The fraction of sp³-hybridized carbons (Fsp3) is 0.778. The van der Waals surface area contributed by atoms with Gasteiger partial charge in [0.2, 0.25) is 0 Å². The van der Waals surface area contributed by atoms with Gasteiger partial charge in [-0.15, -0.1) is 0 Å². The summed E-state index contributed by atoms with van der Waals surface area (Å²) in [5.41, 5.74) is 1.28. The van der Waals surface area contributed by atoms with E-state index in [-0.39, 0.29) is 0 Å². The Balaban J connectivity index is 3.02. The Bertz CT molecular complexity index is 354. The molecule has 0 fully saturated rings. The van der Waals surface area contributed by atoms with Crippen LogP contribution in [0.2, 0.25) is 13.3 Å². The van der Waals surface area contributed by atoms with E-state index >= 15 is 0 Å². The minimum atomic E-state index is -2.37. The van der Waals surface area contributed by atoms with Crippen LogP contribution in [0.25, 0.3) is 0 Å². The minimum absolute atomic E-state index is 1.04. The molecule has 0 amide bonds. The molecule has 0 aromatic carbocycles. The van der Waals surface area contributed by atoms with Gasteiger partial charge < -0.3 is 0 Å². The van der Waals surface area contributed by atoms with E-state index in [4.69, 9.17) is 9.97 Å². The first-order chi connectivity index (χ1) is 10.2. The zero-order valence-electron chi connectivity index (χ0n) is 14.6. The Morgan fingerprint density at radius 3 is 1.52 bits per heavy atom. The van der Waals surface area contributed by atoms with Crippen molar-refractivity contribution in [3.8, 4) is 0 Å². The van der Waals surface area contributed by atoms with Crippen LogP contribution in [0.4, 0.5) is 0 Å². The van der Waals surface area contributed by atoms with Gasteiger partial charge in [0.25, 0.3) is 0 Å². The van der Waals surface area contributed by atoms with E-state index in [1.165, 1.54) is 61.2 Å². The molecule has 0 aliphatic carbocycles. The normalized spacial score (nSPS) is 11.8. The van der Waals surface area contributed by atoms with E-state index in [0.29, 0.717) is 0 Å². The number of unbranched alkanes of at least 4 members (excludes halogenated alkanes) is 3. The number of aryl methyl sites for hydroxylation is 1. The number of nitrogens with zero attached hydrogens (tertiary/aromatic N) is 2. The van der Waals surface area contributed by atoms with E-state index in [9.17, 15) is 0 Å². The molecule has 120 valence electrons. The van der Waals surface area contributed by atoms with Crippen LogP contribution in [0.1, 0.15) is 71.8 Å². The molecule has 0 saturated heterocycles. The molecule has 0 atom stereocenters. The Hall–Kier alpha value is -0.121. The van der Waals surface area contributed by atoms with E-state index in [2.05, 4.69) is 40.1 Å². The van der Waals surface area contributed by atoms with E-state index in [0.717, 1.165) is 6.42 Å². The van der Waals surface area contributed by atoms with Gasteiger partial charge >= 0.3 is 136 Å². The summed E-state index contributed by atoms with van der Waals surface area (Å²) in [4.78, 5) is 9.73. The van der Waals surface area contributed by atoms with E-state index in [1.807, 2.05) is 0 Å². The van der Waals surface area contributed by atoms with Gasteiger partial charge in [0, 0.05) is 0 Å². The summed E-state index contributed by atoms with van der Waals surface area (Å²) in [7, 11) is 0. The fourth-order valence-corrected chi connectivity index (χ4v) is 17.9. The van der Waals surface area contributed by atoms with Crippen molar-refractivity contribution < 1.29 is 0 Å². The predicted octanol–water partition coefficient (Wildman–Crippen LogP) is 5.10. The Kier molecular flexibility index (Phi) is 9.53. The number of hydrogen-bond acceptors (Lipinski definition) is 2. The first-order valence-electron chi connectivity index (χ1n) is 9.03. The molecule has 0 saturated carbocycles. The second-order valence-electron chi connectivity index (χ2n) is 6.36. The molecule has 0 N–H and O–H groups in total. The predicted molar refractivity (Wildman–Crippen MR) is 95.9 cm³/mol. The molecule has 0 spiro atoms. The molecule has 0 bridgehead atoms. The first kappa shape index (κ1) is 18.9. The molecule has 1 rings (SSSR count). The Morgan fingerprint density at radius 2 is 1.19 bits per heavy atom. The van der Waals surface area contributed by atoms with Crippen molar-refractivity contribution in [1.29, 1.82) is 0 Å². The van der Waals surface area contributed by atoms with Gasteiger partial charge in [-0.2, -0.15) is 0 Å². The average molecular weight is 397 g/mol. The van der Waals surface area contributed by atoms with Gasteiger partial charge in [-0.25, -0.2) is 0 Å². The van der Waals surface area contributed by atoms with Crippen molar-refractivity contribution in [3.63, 3.8) is 0 Å². The molecule has 0 aliphatic heterocycles. The van der Waals surface area contributed by atoms with Gasteiger partial charge in [0.15, 0.2) is 0 Å². The summed E-state index contributed by atoms with van der Waals surface area (Å²) in [5.74, 6) is 0. The van der Waals surface area contributed by atoms with Crippen LogP contribution in [0.15, 0.2) is 12.4 Å². The summed E-state index contributed by atoms with van der Waals surface area (Å²) >= 11 is -2.37. The topological polar surface area (TPSA) is 25.8 Å². The van der Waals surface area contributed by atoms with Crippen molar-refractivity contribution in [2.45, 2.75) is 86.0 Å². The molecule has 2 nitrogen and oxygen atoms in total. The number of aromatic nitrogens is 2. The van der Waals surface area contributed by atoms with Crippen molar-refractivity contribution in [2.75, 3.05) is 0 Å². The summed E-state index contributed by atoms with van der Waals surface area (Å²) in [6.45, 7) is 9.13. The average Bonchev–Trinajstić information content (AvgIpc) is 2.55. The monoisotopic (exact) mass is 398 g/mol. The fourth-order valence-electron chi connectivity index (χ4n) is 3.07. The molecule has 1 aromatic rings. The van der Waals surface area contributed by atoms with Crippen molar-refractivity contribution in [1.82, 2.24) is 9.97 Å². The molecule has 1 aromatic heterocycles. The Labute approximate surface area is 136 Å². The second-order valence-corrected chi connectivity index (χ2v) is 19.2. The van der Waals surface area contributed by atoms with Crippen LogP contribution in [-0.4, -0.2) is 28.3 Å². The molecular formula is C18H34N2Sn. The van der Waals surface area contributed by atoms with Crippen LogP contribution in [0.5, 0.6) is 0 Å². The number of rotatable bonds is 11. The summed E-state index contributed by atoms with van der Waals surface area (Å²) in [6, 6.07) is 0. The maximum absolute atomic E-state index is 4.86. The third kappa shape index (κ3) is 5.88. The zero-order chi connectivity index (χ0) is 15.6. The SMILES string of the molecule is CCC[CH2][Sn]([CH2]CCC)([CH2]CCC)[c]1ncc(CC)cn1. The zero-order valence-corrected chi connectivity index (χ0v) is 17.5. The van der Waals surface area contributed by atoms with E-state index < -0.39 is 18.4 Å². The van der Waals surface area contributed by atoms with Gasteiger partial charge in [0.05, 0.1) is 0 Å². The van der Waals surface area contributed by atoms with Gasteiger partial charge in [0.1, 0.15) is 0 Å². The number of hydrogen-bond donors (Lipinski definition) is 0. The maximum atomic E-state index is 4.86. The Morgan fingerprint density at radius 1 is 0.762 bits per heavy atom. The summed E-state index contributed by atoms with van der Waals surface area (Å²) in [6.07, 6.45) is 13.3. The van der Waals surface area contributed by atoms with Crippen LogP contribution >= 0.6 is 0 Å². The molecule has 0 radical (unpaired) electrons. The second kappa shape index (κ2) is 10.6. The van der Waals surface area contributed by atoms with Crippen LogP contribution < -0.4 is 3.84 Å². The van der Waals surface area contributed by atoms with Gasteiger partial charge in [-0.1, -0.05) is 0 Å².